The van der Waals surface area contributed by atoms with E-state index < -0.39 is 0 Å². The van der Waals surface area contributed by atoms with Gasteiger partial charge in [0.05, 0.1) is 10.7 Å². The molecule has 5 heteroatoms. The number of carbonyl (C=O) groups excluding carboxylic acids is 1. The molecular formula is C19H22ClN3O. The molecule has 1 atom stereocenters. The maximum absolute atomic E-state index is 12.0. The van der Waals surface area contributed by atoms with Crippen molar-refractivity contribution in [1.82, 2.24) is 10.3 Å². The maximum Gasteiger partial charge on any atom is 0.226 e. The van der Waals surface area contributed by atoms with Gasteiger partial charge in [-0.05, 0) is 49.6 Å². The molecule has 0 aliphatic carbocycles. The van der Waals surface area contributed by atoms with Crippen LogP contribution in [-0.4, -0.2) is 17.4 Å². The molecule has 1 aromatic heterocycles. The third kappa shape index (κ3) is 3.94. The first-order chi connectivity index (χ1) is 11.6. The van der Waals surface area contributed by atoms with Crippen molar-refractivity contribution in [2.24, 2.45) is 0 Å². The summed E-state index contributed by atoms with van der Waals surface area (Å²) >= 11 is 6.13. The van der Waals surface area contributed by atoms with Gasteiger partial charge in [0, 0.05) is 37.4 Å². The molecule has 1 amide bonds. The van der Waals surface area contributed by atoms with Crippen molar-refractivity contribution in [2.45, 2.75) is 38.8 Å². The van der Waals surface area contributed by atoms with E-state index in [2.05, 4.69) is 29.4 Å². The lowest BCUT2D eigenvalue weighted by Crippen LogP contribution is -2.35. The first-order valence-corrected chi connectivity index (χ1v) is 8.76. The van der Waals surface area contributed by atoms with E-state index in [1.807, 2.05) is 29.2 Å². The van der Waals surface area contributed by atoms with Crippen molar-refractivity contribution in [3.05, 3.63) is 58.9 Å². The summed E-state index contributed by atoms with van der Waals surface area (Å²) in [4.78, 5) is 18.2. The quantitative estimate of drug-likeness (QED) is 0.888. The van der Waals surface area contributed by atoms with E-state index in [0.29, 0.717) is 18.0 Å². The van der Waals surface area contributed by atoms with Gasteiger partial charge in [-0.15, -0.1) is 0 Å². The van der Waals surface area contributed by atoms with Gasteiger partial charge in [0.15, 0.2) is 0 Å². The Balaban J connectivity index is 1.62. The molecule has 1 unspecified atom stereocenters. The number of hydrogen-bond donors (Lipinski definition) is 1. The molecule has 0 radical (unpaired) electrons. The van der Waals surface area contributed by atoms with Crippen LogP contribution in [0.2, 0.25) is 5.02 Å². The highest BCUT2D eigenvalue weighted by Gasteiger charge is 2.19. The molecule has 2 aromatic rings. The molecule has 0 spiro atoms. The Morgan fingerprint density at radius 3 is 2.75 bits per heavy atom. The Hall–Kier alpha value is -1.91. The number of benzene rings is 1. The minimum Gasteiger partial charge on any atom is -0.312 e. The molecule has 0 saturated carbocycles. The molecule has 2 heterocycles. The molecule has 1 N–H and O–H groups in total. The summed E-state index contributed by atoms with van der Waals surface area (Å²) in [6.07, 6.45) is 4.49. The van der Waals surface area contributed by atoms with Crippen molar-refractivity contribution in [1.29, 1.82) is 0 Å². The van der Waals surface area contributed by atoms with E-state index in [0.717, 1.165) is 30.8 Å². The van der Waals surface area contributed by atoms with Gasteiger partial charge in [-0.1, -0.05) is 23.7 Å². The number of nitrogens with zero attached hydrogens (tertiary/aromatic N) is 2. The van der Waals surface area contributed by atoms with Gasteiger partial charge < -0.3 is 10.2 Å². The molecule has 126 valence electrons. The predicted molar refractivity (Wildman–Crippen MR) is 97.1 cm³/mol. The Bertz CT molecular complexity index is 702. The van der Waals surface area contributed by atoms with Crippen molar-refractivity contribution < 1.29 is 4.79 Å². The monoisotopic (exact) mass is 343 g/mol. The number of anilines is 1. The number of pyridine rings is 1. The molecular weight excluding hydrogens is 322 g/mol. The van der Waals surface area contributed by atoms with Gasteiger partial charge >= 0.3 is 0 Å². The summed E-state index contributed by atoms with van der Waals surface area (Å²) in [5.74, 6) is 0.227. The zero-order valence-corrected chi connectivity index (χ0v) is 14.6. The summed E-state index contributed by atoms with van der Waals surface area (Å²) in [6, 6.07) is 12.1. The lowest BCUT2D eigenvalue weighted by molar-refractivity contribution is -0.119. The largest absolute Gasteiger partial charge is 0.312 e. The van der Waals surface area contributed by atoms with E-state index in [1.165, 1.54) is 5.56 Å². The molecule has 24 heavy (non-hydrogen) atoms. The molecule has 1 fully saturated rings. The van der Waals surface area contributed by atoms with E-state index in [4.69, 9.17) is 11.6 Å². The molecule has 4 nitrogen and oxygen atoms in total. The highest BCUT2D eigenvalue weighted by Crippen LogP contribution is 2.23. The fraction of sp³-hybridized carbons (Fsp3) is 0.368. The summed E-state index contributed by atoms with van der Waals surface area (Å²) in [7, 11) is 0. The SMILES string of the molecule is CC(NCc1ncccc1Cl)c1ccc(N2CCCCC2=O)cc1. The van der Waals surface area contributed by atoms with Gasteiger partial charge in [0.25, 0.3) is 0 Å². The van der Waals surface area contributed by atoms with E-state index >= 15 is 0 Å². The van der Waals surface area contributed by atoms with Crippen LogP contribution in [0.3, 0.4) is 0 Å². The van der Waals surface area contributed by atoms with Crippen LogP contribution < -0.4 is 10.2 Å². The number of amides is 1. The second-order valence-corrected chi connectivity index (χ2v) is 6.54. The minimum absolute atomic E-state index is 0.175. The number of nitrogens with one attached hydrogen (secondary N) is 1. The number of halogens is 1. The van der Waals surface area contributed by atoms with Crippen LogP contribution in [-0.2, 0) is 11.3 Å². The van der Waals surface area contributed by atoms with Crippen LogP contribution >= 0.6 is 11.6 Å². The van der Waals surface area contributed by atoms with E-state index in [9.17, 15) is 4.79 Å². The van der Waals surface area contributed by atoms with Gasteiger partial charge in [-0.2, -0.15) is 0 Å². The summed E-state index contributed by atoms with van der Waals surface area (Å²) < 4.78 is 0. The number of rotatable bonds is 5. The van der Waals surface area contributed by atoms with Crippen LogP contribution in [0.25, 0.3) is 0 Å². The average molecular weight is 344 g/mol. The van der Waals surface area contributed by atoms with Crippen molar-refractivity contribution in [3.8, 4) is 0 Å². The lowest BCUT2D eigenvalue weighted by atomic mass is 10.1. The first-order valence-electron chi connectivity index (χ1n) is 8.38. The highest BCUT2D eigenvalue weighted by molar-refractivity contribution is 6.31. The average Bonchev–Trinajstić information content (AvgIpc) is 2.61. The van der Waals surface area contributed by atoms with Crippen LogP contribution in [0.4, 0.5) is 5.69 Å². The number of hydrogen-bond acceptors (Lipinski definition) is 3. The second kappa shape index (κ2) is 7.77. The third-order valence-corrected chi connectivity index (χ3v) is 4.78. The summed E-state index contributed by atoms with van der Waals surface area (Å²) in [5.41, 5.74) is 3.01. The maximum atomic E-state index is 12.0. The predicted octanol–water partition coefficient (Wildman–Crippen LogP) is 4.10. The standard InChI is InChI=1S/C19H22ClN3O/c1-14(22-13-18-17(20)5-4-11-21-18)15-7-9-16(10-8-15)23-12-3-2-6-19(23)24/h4-5,7-11,14,22H,2-3,6,12-13H2,1H3. The van der Waals surface area contributed by atoms with Crippen LogP contribution in [0.5, 0.6) is 0 Å². The second-order valence-electron chi connectivity index (χ2n) is 6.13. The van der Waals surface area contributed by atoms with Gasteiger partial charge in [-0.25, -0.2) is 0 Å². The van der Waals surface area contributed by atoms with E-state index in [-0.39, 0.29) is 11.9 Å². The molecule has 1 saturated heterocycles. The fourth-order valence-corrected chi connectivity index (χ4v) is 3.13. The number of piperidine rings is 1. The Morgan fingerprint density at radius 1 is 1.25 bits per heavy atom. The van der Waals surface area contributed by atoms with Crippen LogP contribution in [0.1, 0.15) is 43.5 Å². The Morgan fingerprint density at radius 2 is 2.04 bits per heavy atom. The van der Waals surface area contributed by atoms with Gasteiger partial charge in [-0.3, -0.25) is 9.78 Å². The van der Waals surface area contributed by atoms with Crippen molar-refractivity contribution in [2.75, 3.05) is 11.4 Å². The molecule has 3 rings (SSSR count). The minimum atomic E-state index is 0.175. The number of carbonyl (C=O) groups is 1. The fourth-order valence-electron chi connectivity index (χ4n) is 2.94. The van der Waals surface area contributed by atoms with Gasteiger partial charge in [0.2, 0.25) is 5.91 Å². The zero-order valence-electron chi connectivity index (χ0n) is 13.8. The Kier molecular flexibility index (Phi) is 5.48. The molecule has 1 aliphatic heterocycles. The normalized spacial score (nSPS) is 16.2. The Labute approximate surface area is 147 Å². The highest BCUT2D eigenvalue weighted by atomic mass is 35.5. The number of aromatic nitrogens is 1. The zero-order chi connectivity index (χ0) is 16.9. The first kappa shape index (κ1) is 16.9. The summed E-state index contributed by atoms with van der Waals surface area (Å²) in [5, 5.41) is 4.11. The lowest BCUT2D eigenvalue weighted by Gasteiger charge is -2.27. The molecule has 1 aliphatic rings. The van der Waals surface area contributed by atoms with Crippen molar-refractivity contribution in [3.63, 3.8) is 0 Å². The molecule has 1 aromatic carbocycles. The summed E-state index contributed by atoms with van der Waals surface area (Å²) in [6.45, 7) is 3.55. The van der Waals surface area contributed by atoms with Crippen LogP contribution in [0, 0.1) is 0 Å². The third-order valence-electron chi connectivity index (χ3n) is 4.44. The van der Waals surface area contributed by atoms with Gasteiger partial charge in [0.1, 0.15) is 0 Å². The van der Waals surface area contributed by atoms with Crippen LogP contribution in [0.15, 0.2) is 42.6 Å². The topological polar surface area (TPSA) is 45.2 Å². The van der Waals surface area contributed by atoms with E-state index in [1.54, 1.807) is 6.20 Å². The molecule has 0 bridgehead atoms. The smallest absolute Gasteiger partial charge is 0.226 e. The van der Waals surface area contributed by atoms with Crippen molar-refractivity contribution >= 4 is 23.2 Å².